The molecule has 0 radical (unpaired) electrons. The Morgan fingerprint density at radius 1 is 1.04 bits per heavy atom. The number of benzene rings is 1. The van der Waals surface area contributed by atoms with Crippen LogP contribution < -0.4 is 4.90 Å². The van der Waals surface area contributed by atoms with Crippen molar-refractivity contribution in [2.45, 2.75) is 6.18 Å². The van der Waals surface area contributed by atoms with Crippen LogP contribution in [0.3, 0.4) is 0 Å². The maximum atomic E-state index is 12.8. The lowest BCUT2D eigenvalue weighted by Gasteiger charge is -2.35. The zero-order chi connectivity index (χ0) is 19.6. The van der Waals surface area contributed by atoms with E-state index >= 15 is 0 Å². The summed E-state index contributed by atoms with van der Waals surface area (Å²) >= 11 is 0. The number of halogens is 3. The molecule has 0 aliphatic carbocycles. The largest absolute Gasteiger partial charge is 0.476 e. The molecule has 1 aromatic carbocycles. The molecule has 0 saturated carbocycles. The standard InChI is InChI=1S/C17H15F3N4O3/c18-17(19,20)12-3-1-2-11(8-12)15(25)24-6-4-23(5-7-24)14-10-21-13(9-22-14)16(26)27/h1-3,8-10H,4-7H2,(H,26,27). The van der Waals surface area contributed by atoms with Crippen molar-refractivity contribution in [3.05, 3.63) is 53.5 Å². The summed E-state index contributed by atoms with van der Waals surface area (Å²) in [4.78, 5) is 34.4. The number of aromatic carboxylic acids is 1. The molecule has 1 saturated heterocycles. The Morgan fingerprint density at radius 2 is 1.74 bits per heavy atom. The number of amides is 1. The minimum Gasteiger partial charge on any atom is -0.476 e. The molecule has 0 bridgehead atoms. The van der Waals surface area contributed by atoms with Gasteiger partial charge in [0.05, 0.1) is 18.0 Å². The van der Waals surface area contributed by atoms with Crippen molar-refractivity contribution in [3.63, 3.8) is 0 Å². The van der Waals surface area contributed by atoms with Crippen molar-refractivity contribution in [2.24, 2.45) is 0 Å². The summed E-state index contributed by atoms with van der Waals surface area (Å²) in [6.07, 6.45) is -2.01. The lowest BCUT2D eigenvalue weighted by molar-refractivity contribution is -0.137. The normalized spacial score (nSPS) is 14.9. The quantitative estimate of drug-likeness (QED) is 0.878. The molecule has 1 fully saturated rings. The number of carbonyl (C=O) groups excluding carboxylic acids is 1. The van der Waals surface area contributed by atoms with Gasteiger partial charge in [-0.25, -0.2) is 14.8 Å². The van der Waals surface area contributed by atoms with Crippen LogP contribution in [-0.4, -0.2) is 58.0 Å². The van der Waals surface area contributed by atoms with E-state index in [4.69, 9.17) is 5.11 Å². The van der Waals surface area contributed by atoms with Gasteiger partial charge in [0, 0.05) is 31.7 Å². The zero-order valence-corrected chi connectivity index (χ0v) is 14.0. The molecule has 0 spiro atoms. The molecule has 27 heavy (non-hydrogen) atoms. The average Bonchev–Trinajstić information content (AvgIpc) is 2.67. The van der Waals surface area contributed by atoms with E-state index in [1.165, 1.54) is 23.2 Å². The molecule has 2 heterocycles. The summed E-state index contributed by atoms with van der Waals surface area (Å²) < 4.78 is 38.4. The van der Waals surface area contributed by atoms with Gasteiger partial charge in [-0.3, -0.25) is 4.79 Å². The van der Waals surface area contributed by atoms with Gasteiger partial charge in [0.25, 0.3) is 5.91 Å². The Hall–Kier alpha value is -3.17. The van der Waals surface area contributed by atoms with Crippen molar-refractivity contribution in [1.29, 1.82) is 0 Å². The van der Waals surface area contributed by atoms with Gasteiger partial charge in [-0.15, -0.1) is 0 Å². The number of nitrogens with zero attached hydrogens (tertiary/aromatic N) is 4. The maximum absolute atomic E-state index is 12.8. The number of alkyl halides is 3. The van der Waals surface area contributed by atoms with Gasteiger partial charge in [-0.2, -0.15) is 13.2 Å². The summed E-state index contributed by atoms with van der Waals surface area (Å²) in [6.45, 7) is 1.42. The van der Waals surface area contributed by atoms with E-state index in [2.05, 4.69) is 9.97 Å². The number of anilines is 1. The molecule has 1 aliphatic heterocycles. The molecule has 10 heteroatoms. The van der Waals surface area contributed by atoms with Crippen molar-refractivity contribution in [1.82, 2.24) is 14.9 Å². The minimum absolute atomic E-state index is 0.0103. The highest BCUT2D eigenvalue weighted by Crippen LogP contribution is 2.29. The van der Waals surface area contributed by atoms with Crippen LogP contribution in [0.1, 0.15) is 26.4 Å². The number of hydrogen-bond acceptors (Lipinski definition) is 5. The second-order valence-electron chi connectivity index (χ2n) is 5.92. The van der Waals surface area contributed by atoms with Gasteiger partial charge >= 0.3 is 12.1 Å². The van der Waals surface area contributed by atoms with E-state index in [1.54, 1.807) is 0 Å². The molecule has 0 atom stereocenters. The molecule has 142 valence electrons. The number of hydrogen-bond donors (Lipinski definition) is 1. The summed E-state index contributed by atoms with van der Waals surface area (Å²) in [5.74, 6) is -1.16. The lowest BCUT2D eigenvalue weighted by atomic mass is 10.1. The fourth-order valence-electron chi connectivity index (χ4n) is 2.74. The van der Waals surface area contributed by atoms with E-state index in [1.807, 2.05) is 4.90 Å². The SMILES string of the molecule is O=C(O)c1cnc(N2CCN(C(=O)c3cccc(C(F)(F)F)c3)CC2)cn1. The van der Waals surface area contributed by atoms with Crippen molar-refractivity contribution >= 4 is 17.7 Å². The monoisotopic (exact) mass is 380 g/mol. The summed E-state index contributed by atoms with van der Waals surface area (Å²) in [7, 11) is 0. The van der Waals surface area contributed by atoms with Crippen molar-refractivity contribution in [2.75, 3.05) is 31.1 Å². The third kappa shape index (κ3) is 4.15. The Bertz CT molecular complexity index is 847. The van der Waals surface area contributed by atoms with Crippen molar-refractivity contribution in [3.8, 4) is 0 Å². The van der Waals surface area contributed by atoms with E-state index in [-0.39, 0.29) is 11.3 Å². The van der Waals surface area contributed by atoms with Crippen LogP contribution in [0.2, 0.25) is 0 Å². The zero-order valence-electron chi connectivity index (χ0n) is 14.0. The first kappa shape index (κ1) is 18.6. The number of aromatic nitrogens is 2. The number of rotatable bonds is 3. The van der Waals surface area contributed by atoms with Crippen LogP contribution in [0.15, 0.2) is 36.7 Å². The van der Waals surface area contributed by atoms with Crippen LogP contribution in [-0.2, 0) is 6.18 Å². The van der Waals surface area contributed by atoms with E-state index < -0.39 is 23.6 Å². The smallest absolute Gasteiger partial charge is 0.416 e. The van der Waals surface area contributed by atoms with Gasteiger partial charge in [0.1, 0.15) is 5.82 Å². The van der Waals surface area contributed by atoms with Crippen LogP contribution in [0.25, 0.3) is 0 Å². The van der Waals surface area contributed by atoms with Crippen LogP contribution >= 0.6 is 0 Å². The van der Waals surface area contributed by atoms with Crippen LogP contribution in [0.4, 0.5) is 19.0 Å². The number of carbonyl (C=O) groups is 2. The predicted octanol–water partition coefficient (Wildman–Crippen LogP) is 2.16. The Balaban J connectivity index is 1.65. The Morgan fingerprint density at radius 3 is 2.30 bits per heavy atom. The highest BCUT2D eigenvalue weighted by Gasteiger charge is 2.31. The first-order valence-electron chi connectivity index (χ1n) is 8.02. The topological polar surface area (TPSA) is 86.6 Å². The van der Waals surface area contributed by atoms with Crippen molar-refractivity contribution < 1.29 is 27.9 Å². The average molecular weight is 380 g/mol. The van der Waals surface area contributed by atoms with Crippen LogP contribution in [0.5, 0.6) is 0 Å². The second-order valence-corrected chi connectivity index (χ2v) is 5.92. The van der Waals surface area contributed by atoms with Gasteiger partial charge in [-0.1, -0.05) is 6.07 Å². The molecular formula is C17H15F3N4O3. The molecule has 1 aliphatic rings. The molecule has 0 unspecified atom stereocenters. The van der Waals surface area contributed by atoms with Gasteiger partial charge in [-0.05, 0) is 18.2 Å². The summed E-state index contributed by atoms with van der Waals surface area (Å²) in [5.41, 5.74) is -1.04. The number of piperazine rings is 1. The lowest BCUT2D eigenvalue weighted by Crippen LogP contribution is -2.49. The maximum Gasteiger partial charge on any atom is 0.416 e. The van der Waals surface area contributed by atoms with Gasteiger partial charge in [0.2, 0.25) is 0 Å². The van der Waals surface area contributed by atoms with E-state index in [9.17, 15) is 22.8 Å². The molecular weight excluding hydrogens is 365 g/mol. The molecule has 3 rings (SSSR count). The number of carboxylic acids is 1. The first-order valence-corrected chi connectivity index (χ1v) is 8.02. The third-order valence-electron chi connectivity index (χ3n) is 4.19. The summed E-state index contributed by atoms with van der Waals surface area (Å²) in [5, 5.41) is 8.83. The predicted molar refractivity (Wildman–Crippen MR) is 88.6 cm³/mol. The van der Waals surface area contributed by atoms with Crippen LogP contribution in [0, 0.1) is 0 Å². The number of carboxylic acid groups (broad SMARTS) is 1. The molecule has 2 aromatic rings. The van der Waals surface area contributed by atoms with Gasteiger partial charge < -0.3 is 14.9 Å². The molecule has 1 aromatic heterocycles. The van der Waals surface area contributed by atoms with E-state index in [0.29, 0.717) is 32.0 Å². The molecule has 1 amide bonds. The van der Waals surface area contributed by atoms with E-state index in [0.717, 1.165) is 18.3 Å². The molecule has 1 N–H and O–H groups in total. The third-order valence-corrected chi connectivity index (χ3v) is 4.19. The highest BCUT2D eigenvalue weighted by molar-refractivity contribution is 5.94. The fourth-order valence-corrected chi connectivity index (χ4v) is 2.74. The Labute approximate surface area is 152 Å². The minimum atomic E-state index is -4.50. The Kier molecular flexibility index (Phi) is 4.98. The molecule has 7 nitrogen and oxygen atoms in total. The second kappa shape index (κ2) is 7.22. The summed E-state index contributed by atoms with van der Waals surface area (Å²) in [6, 6.07) is 4.35. The van der Waals surface area contributed by atoms with Gasteiger partial charge in [0.15, 0.2) is 5.69 Å². The highest BCUT2D eigenvalue weighted by atomic mass is 19.4. The first-order chi connectivity index (χ1) is 12.8. The fraction of sp³-hybridized carbons (Fsp3) is 0.294.